The van der Waals surface area contributed by atoms with E-state index in [1.807, 2.05) is 0 Å². The predicted octanol–water partition coefficient (Wildman–Crippen LogP) is 2.28. The molecule has 22 heavy (non-hydrogen) atoms. The Bertz CT molecular complexity index is 720. The number of hydrogen-bond acceptors (Lipinski definition) is 3. The van der Waals surface area contributed by atoms with Gasteiger partial charge >= 0.3 is 6.18 Å². The van der Waals surface area contributed by atoms with E-state index in [1.54, 1.807) is 6.92 Å². The van der Waals surface area contributed by atoms with Crippen LogP contribution < -0.4 is 10.9 Å². The minimum absolute atomic E-state index is 0.0292. The molecule has 2 N–H and O–H groups in total. The fourth-order valence-corrected chi connectivity index (χ4v) is 1.81. The second-order valence-electron chi connectivity index (χ2n) is 4.62. The van der Waals surface area contributed by atoms with Crippen LogP contribution in [0.4, 0.5) is 13.2 Å². The largest absolute Gasteiger partial charge is 0.416 e. The summed E-state index contributed by atoms with van der Waals surface area (Å²) in [5.41, 5.74) is -0.957. The zero-order chi connectivity index (χ0) is 16.3. The fraction of sp³-hybridized carbons (Fsp3) is 0.214. The molecule has 0 spiro atoms. The van der Waals surface area contributed by atoms with Gasteiger partial charge in [0.1, 0.15) is 5.69 Å². The summed E-state index contributed by atoms with van der Waals surface area (Å²) in [6, 6.07) is 6.42. The highest BCUT2D eigenvalue weighted by atomic mass is 19.4. The van der Waals surface area contributed by atoms with Crippen molar-refractivity contribution in [1.29, 1.82) is 0 Å². The van der Waals surface area contributed by atoms with E-state index in [2.05, 4.69) is 15.5 Å². The molecule has 0 radical (unpaired) electrons. The van der Waals surface area contributed by atoms with E-state index in [1.165, 1.54) is 18.2 Å². The third-order valence-electron chi connectivity index (χ3n) is 2.97. The molecule has 1 heterocycles. The van der Waals surface area contributed by atoms with E-state index in [9.17, 15) is 22.8 Å². The summed E-state index contributed by atoms with van der Waals surface area (Å²) in [6.07, 6.45) is -4.44. The number of rotatable bonds is 3. The molecule has 116 valence electrons. The van der Waals surface area contributed by atoms with Crippen molar-refractivity contribution in [3.63, 3.8) is 0 Å². The molecule has 0 bridgehead atoms. The normalized spacial score (nSPS) is 12.7. The van der Waals surface area contributed by atoms with Gasteiger partial charge in [-0.05, 0) is 30.7 Å². The van der Waals surface area contributed by atoms with Crippen molar-refractivity contribution >= 4 is 5.91 Å². The molecule has 5 nitrogen and oxygen atoms in total. The van der Waals surface area contributed by atoms with Crippen LogP contribution in [-0.2, 0) is 6.18 Å². The number of carbonyl (C=O) groups is 1. The first-order valence-electron chi connectivity index (χ1n) is 6.31. The Morgan fingerprint density at radius 2 is 2.00 bits per heavy atom. The molecule has 2 aromatic rings. The lowest BCUT2D eigenvalue weighted by Gasteiger charge is -2.15. The fourth-order valence-electron chi connectivity index (χ4n) is 1.81. The Morgan fingerprint density at radius 3 is 2.59 bits per heavy atom. The van der Waals surface area contributed by atoms with Crippen LogP contribution in [0.15, 0.2) is 41.2 Å². The van der Waals surface area contributed by atoms with Gasteiger partial charge in [-0.1, -0.05) is 12.1 Å². The number of carbonyl (C=O) groups excluding carboxylic acids is 1. The van der Waals surface area contributed by atoms with Crippen molar-refractivity contribution in [1.82, 2.24) is 15.5 Å². The van der Waals surface area contributed by atoms with Gasteiger partial charge in [0.05, 0.1) is 11.6 Å². The predicted molar refractivity (Wildman–Crippen MR) is 72.2 cm³/mol. The summed E-state index contributed by atoms with van der Waals surface area (Å²) in [5.74, 6) is -0.596. The van der Waals surface area contributed by atoms with Crippen LogP contribution in [0.25, 0.3) is 0 Å². The van der Waals surface area contributed by atoms with Gasteiger partial charge in [0.2, 0.25) is 0 Å². The number of aromatic nitrogens is 2. The molecule has 1 aromatic heterocycles. The van der Waals surface area contributed by atoms with Crippen LogP contribution in [0.1, 0.15) is 34.6 Å². The summed E-state index contributed by atoms with van der Waals surface area (Å²) in [6.45, 7) is 1.55. The number of H-pyrrole nitrogens is 1. The summed E-state index contributed by atoms with van der Waals surface area (Å²) in [4.78, 5) is 22.8. The number of benzene rings is 1. The molecule has 8 heteroatoms. The lowest BCUT2D eigenvalue weighted by molar-refractivity contribution is -0.137. The molecule has 2 rings (SSSR count). The Morgan fingerprint density at radius 1 is 1.27 bits per heavy atom. The van der Waals surface area contributed by atoms with Crippen LogP contribution in [0.5, 0.6) is 0 Å². The molecule has 1 atom stereocenters. The Kier molecular flexibility index (Phi) is 4.30. The van der Waals surface area contributed by atoms with Crippen LogP contribution in [0, 0.1) is 0 Å². The van der Waals surface area contributed by atoms with Crippen LogP contribution in [0.3, 0.4) is 0 Å². The van der Waals surface area contributed by atoms with E-state index in [4.69, 9.17) is 0 Å². The molecular formula is C14H12F3N3O2. The van der Waals surface area contributed by atoms with Gasteiger partial charge in [0.15, 0.2) is 0 Å². The first-order valence-corrected chi connectivity index (χ1v) is 6.31. The number of hydrogen-bond donors (Lipinski definition) is 2. The third kappa shape index (κ3) is 3.72. The van der Waals surface area contributed by atoms with E-state index in [0.717, 1.165) is 18.2 Å². The lowest BCUT2D eigenvalue weighted by atomic mass is 10.0. The Labute approximate surface area is 123 Å². The third-order valence-corrected chi connectivity index (χ3v) is 2.97. The number of halogens is 3. The molecule has 0 saturated heterocycles. The Balaban J connectivity index is 2.15. The summed E-state index contributed by atoms with van der Waals surface area (Å²) in [7, 11) is 0. The maximum Gasteiger partial charge on any atom is 0.416 e. The minimum atomic E-state index is -4.44. The van der Waals surface area contributed by atoms with Crippen molar-refractivity contribution in [2.75, 3.05) is 0 Å². The zero-order valence-electron chi connectivity index (χ0n) is 11.4. The second kappa shape index (κ2) is 6.00. The highest BCUT2D eigenvalue weighted by Gasteiger charge is 2.30. The molecule has 0 unspecified atom stereocenters. The molecule has 0 fully saturated rings. The van der Waals surface area contributed by atoms with Crippen molar-refractivity contribution in [2.24, 2.45) is 0 Å². The molecule has 0 aliphatic carbocycles. The van der Waals surface area contributed by atoms with Gasteiger partial charge < -0.3 is 5.32 Å². The van der Waals surface area contributed by atoms with Crippen LogP contribution >= 0.6 is 0 Å². The van der Waals surface area contributed by atoms with E-state index in [0.29, 0.717) is 5.56 Å². The van der Waals surface area contributed by atoms with E-state index in [-0.39, 0.29) is 5.69 Å². The first-order chi connectivity index (χ1) is 10.3. The quantitative estimate of drug-likeness (QED) is 0.913. The van der Waals surface area contributed by atoms with Crippen molar-refractivity contribution in [2.45, 2.75) is 19.1 Å². The number of nitrogens with zero attached hydrogens (tertiary/aromatic N) is 1. The zero-order valence-corrected chi connectivity index (χ0v) is 11.4. The first kappa shape index (κ1) is 15.7. The summed E-state index contributed by atoms with van der Waals surface area (Å²) >= 11 is 0. The topological polar surface area (TPSA) is 74.8 Å². The highest BCUT2D eigenvalue weighted by molar-refractivity contribution is 5.92. The highest BCUT2D eigenvalue weighted by Crippen LogP contribution is 2.30. The monoisotopic (exact) mass is 311 g/mol. The maximum absolute atomic E-state index is 12.7. The second-order valence-corrected chi connectivity index (χ2v) is 4.62. The average molecular weight is 311 g/mol. The molecule has 0 saturated carbocycles. The Hall–Kier alpha value is -2.64. The molecule has 1 aromatic carbocycles. The van der Waals surface area contributed by atoms with Crippen LogP contribution in [0.2, 0.25) is 0 Å². The average Bonchev–Trinajstić information content (AvgIpc) is 2.47. The SMILES string of the molecule is C[C@@H](NC(=O)c1ccc(=O)[nH]n1)c1cccc(C(F)(F)F)c1. The van der Waals surface area contributed by atoms with Gasteiger partial charge in [0, 0.05) is 6.07 Å². The van der Waals surface area contributed by atoms with Crippen LogP contribution in [-0.4, -0.2) is 16.1 Å². The lowest BCUT2D eigenvalue weighted by Crippen LogP contribution is -2.28. The smallest absolute Gasteiger partial charge is 0.344 e. The standard InChI is InChI=1S/C14H12F3N3O2/c1-8(9-3-2-4-10(7-9)14(15,16)17)18-13(22)11-5-6-12(21)20-19-11/h2-8H,1H3,(H,18,22)(H,20,21)/t8-/m1/s1. The molecule has 0 aliphatic heterocycles. The summed E-state index contributed by atoms with van der Waals surface area (Å²) in [5, 5.41) is 8.18. The number of aromatic amines is 1. The molecular weight excluding hydrogens is 299 g/mol. The van der Waals surface area contributed by atoms with E-state index >= 15 is 0 Å². The van der Waals surface area contributed by atoms with Crippen molar-refractivity contribution in [3.05, 3.63) is 63.6 Å². The molecule has 1 amide bonds. The van der Waals surface area contributed by atoms with Gasteiger partial charge in [-0.2, -0.15) is 18.3 Å². The van der Waals surface area contributed by atoms with Gasteiger partial charge in [0.25, 0.3) is 11.5 Å². The minimum Gasteiger partial charge on any atom is -0.344 e. The number of amides is 1. The van der Waals surface area contributed by atoms with Crippen molar-refractivity contribution in [3.8, 4) is 0 Å². The van der Waals surface area contributed by atoms with Gasteiger partial charge in [-0.3, -0.25) is 9.59 Å². The maximum atomic E-state index is 12.7. The molecule has 0 aliphatic rings. The number of alkyl halides is 3. The summed E-state index contributed by atoms with van der Waals surface area (Å²) < 4.78 is 38.0. The van der Waals surface area contributed by atoms with Gasteiger partial charge in [-0.25, -0.2) is 5.10 Å². The van der Waals surface area contributed by atoms with Gasteiger partial charge in [-0.15, -0.1) is 0 Å². The number of nitrogens with one attached hydrogen (secondary N) is 2. The van der Waals surface area contributed by atoms with Crippen molar-refractivity contribution < 1.29 is 18.0 Å². The van der Waals surface area contributed by atoms with E-state index < -0.39 is 29.2 Å².